The molecular weight excluding hydrogens is 262 g/mol. The molecule has 0 amide bonds. The quantitative estimate of drug-likeness (QED) is 0.824. The van der Waals surface area contributed by atoms with Gasteiger partial charge in [-0.05, 0) is 7.05 Å². The minimum absolute atomic E-state index is 0.107. The summed E-state index contributed by atoms with van der Waals surface area (Å²) < 4.78 is 1.93. The Balaban J connectivity index is 1.76. The molecule has 0 atom stereocenters. The third-order valence-electron chi connectivity index (χ3n) is 4.13. The first kappa shape index (κ1) is 16.5. The molecule has 1 aromatic rings. The first-order valence-electron chi connectivity index (χ1n) is 8.01. The number of nitrogens with one attached hydrogen (secondary N) is 1. The zero-order chi connectivity index (χ0) is 15.5. The number of likely N-dealkylation sites (N-methyl/N-ethyl adjacent to an activating group) is 1. The highest BCUT2D eigenvalue weighted by molar-refractivity contribution is 5.23. The Morgan fingerprint density at radius 1 is 1.14 bits per heavy atom. The lowest BCUT2D eigenvalue weighted by Crippen LogP contribution is -2.46. The van der Waals surface area contributed by atoms with Gasteiger partial charge in [-0.15, -0.1) is 0 Å². The average molecular weight is 293 g/mol. The van der Waals surface area contributed by atoms with Crippen LogP contribution in [0, 0.1) is 0 Å². The maximum Gasteiger partial charge on any atom is 0.0722 e. The molecule has 0 aromatic carbocycles. The zero-order valence-corrected chi connectivity index (χ0v) is 14.3. The molecule has 1 aliphatic heterocycles. The van der Waals surface area contributed by atoms with Crippen LogP contribution in [0.2, 0.25) is 0 Å². The Morgan fingerprint density at radius 3 is 2.43 bits per heavy atom. The van der Waals surface area contributed by atoms with Crippen LogP contribution in [-0.2, 0) is 19.0 Å². The van der Waals surface area contributed by atoms with E-state index in [-0.39, 0.29) is 5.41 Å². The van der Waals surface area contributed by atoms with E-state index in [1.165, 1.54) is 37.4 Å². The van der Waals surface area contributed by atoms with Crippen molar-refractivity contribution in [3.8, 4) is 0 Å². The molecule has 1 aromatic heterocycles. The maximum absolute atomic E-state index is 4.62. The predicted molar refractivity (Wildman–Crippen MR) is 87.6 cm³/mol. The second-order valence-electron chi connectivity index (χ2n) is 7.25. The lowest BCUT2D eigenvalue weighted by atomic mass is 9.89. The van der Waals surface area contributed by atoms with Crippen molar-refractivity contribution in [2.24, 2.45) is 7.05 Å². The van der Waals surface area contributed by atoms with Crippen LogP contribution in [0.15, 0.2) is 6.20 Å². The lowest BCUT2D eigenvalue weighted by molar-refractivity contribution is 0.154. The van der Waals surface area contributed by atoms with Crippen molar-refractivity contribution in [1.82, 2.24) is 24.9 Å². The van der Waals surface area contributed by atoms with Gasteiger partial charge in [-0.2, -0.15) is 5.10 Å². The largest absolute Gasteiger partial charge is 0.311 e. The van der Waals surface area contributed by atoms with Gasteiger partial charge in [0.25, 0.3) is 0 Å². The van der Waals surface area contributed by atoms with Crippen molar-refractivity contribution in [2.45, 2.75) is 32.7 Å². The van der Waals surface area contributed by atoms with Crippen molar-refractivity contribution in [3.63, 3.8) is 0 Å². The van der Waals surface area contributed by atoms with Crippen LogP contribution in [0.3, 0.4) is 0 Å². The molecule has 2 rings (SSSR count). The average Bonchev–Trinajstić information content (AvgIpc) is 2.78. The van der Waals surface area contributed by atoms with Gasteiger partial charge in [-0.1, -0.05) is 20.8 Å². The number of aromatic nitrogens is 2. The highest BCUT2D eigenvalue weighted by Gasteiger charge is 2.21. The first-order chi connectivity index (χ1) is 9.86. The highest BCUT2D eigenvalue weighted by atomic mass is 15.3. The maximum atomic E-state index is 4.62. The number of aryl methyl sites for hydroxylation is 1. The Kier molecular flexibility index (Phi) is 5.41. The smallest absolute Gasteiger partial charge is 0.0722 e. The van der Waals surface area contributed by atoms with Crippen molar-refractivity contribution in [3.05, 3.63) is 17.5 Å². The van der Waals surface area contributed by atoms with Crippen LogP contribution in [-0.4, -0.2) is 65.9 Å². The van der Waals surface area contributed by atoms with E-state index in [0.717, 1.165) is 19.6 Å². The number of hydrogen-bond acceptors (Lipinski definition) is 4. The number of nitrogens with zero attached hydrogens (tertiary/aromatic N) is 4. The summed E-state index contributed by atoms with van der Waals surface area (Å²) in [5.74, 6) is 0. The minimum atomic E-state index is 0.107. The van der Waals surface area contributed by atoms with Crippen LogP contribution >= 0.6 is 0 Å². The van der Waals surface area contributed by atoms with Crippen LogP contribution in [0.4, 0.5) is 0 Å². The zero-order valence-electron chi connectivity index (χ0n) is 14.3. The molecule has 1 aliphatic rings. The Labute approximate surface area is 129 Å². The molecule has 1 fully saturated rings. The Morgan fingerprint density at radius 2 is 1.81 bits per heavy atom. The summed E-state index contributed by atoms with van der Waals surface area (Å²) in [7, 11) is 4.20. The summed E-state index contributed by atoms with van der Waals surface area (Å²) in [6, 6.07) is 0. The molecule has 0 saturated carbocycles. The van der Waals surface area contributed by atoms with Crippen LogP contribution in [0.5, 0.6) is 0 Å². The van der Waals surface area contributed by atoms with Gasteiger partial charge in [0.05, 0.1) is 5.69 Å². The third kappa shape index (κ3) is 4.80. The number of rotatable bonds is 5. The summed E-state index contributed by atoms with van der Waals surface area (Å²) in [5, 5.41) is 8.20. The molecule has 1 N–H and O–H groups in total. The number of hydrogen-bond donors (Lipinski definition) is 1. The summed E-state index contributed by atoms with van der Waals surface area (Å²) in [4.78, 5) is 4.94. The fourth-order valence-electron chi connectivity index (χ4n) is 2.83. The van der Waals surface area contributed by atoms with Gasteiger partial charge in [-0.3, -0.25) is 9.58 Å². The predicted octanol–water partition coefficient (Wildman–Crippen LogP) is 1.05. The molecule has 21 heavy (non-hydrogen) atoms. The number of piperazine rings is 1. The fourth-order valence-corrected chi connectivity index (χ4v) is 2.83. The van der Waals surface area contributed by atoms with E-state index in [9.17, 15) is 0 Å². The summed E-state index contributed by atoms with van der Waals surface area (Å²) in [6.07, 6.45) is 2.14. The minimum Gasteiger partial charge on any atom is -0.311 e. The van der Waals surface area contributed by atoms with E-state index in [1.54, 1.807) is 0 Å². The fraction of sp³-hybridized carbons (Fsp3) is 0.812. The molecule has 0 radical (unpaired) electrons. The van der Waals surface area contributed by atoms with Gasteiger partial charge in [-0.25, -0.2) is 0 Å². The molecule has 2 heterocycles. The van der Waals surface area contributed by atoms with Gasteiger partial charge in [0.1, 0.15) is 0 Å². The second kappa shape index (κ2) is 6.90. The lowest BCUT2D eigenvalue weighted by Gasteiger charge is -2.32. The Bertz CT molecular complexity index is 438. The molecule has 5 heteroatoms. The standard InChI is InChI=1S/C16H31N5/c1-16(2,3)15-14(13-20(5)18-15)12-17-6-7-21-10-8-19(4)9-11-21/h13,17H,6-12H2,1-5H3. The van der Waals surface area contributed by atoms with Gasteiger partial charge < -0.3 is 10.2 Å². The second-order valence-corrected chi connectivity index (χ2v) is 7.25. The van der Waals surface area contributed by atoms with Gasteiger partial charge in [0, 0.05) is 70.0 Å². The van der Waals surface area contributed by atoms with E-state index >= 15 is 0 Å². The van der Waals surface area contributed by atoms with Gasteiger partial charge in [0.15, 0.2) is 0 Å². The van der Waals surface area contributed by atoms with Crippen LogP contribution in [0.25, 0.3) is 0 Å². The monoisotopic (exact) mass is 293 g/mol. The first-order valence-corrected chi connectivity index (χ1v) is 8.01. The highest BCUT2D eigenvalue weighted by Crippen LogP contribution is 2.23. The normalized spacial score (nSPS) is 18.3. The van der Waals surface area contributed by atoms with Gasteiger partial charge >= 0.3 is 0 Å². The van der Waals surface area contributed by atoms with Crippen molar-refractivity contribution >= 4 is 0 Å². The third-order valence-corrected chi connectivity index (χ3v) is 4.13. The molecule has 0 bridgehead atoms. The molecule has 0 unspecified atom stereocenters. The van der Waals surface area contributed by atoms with E-state index < -0.39 is 0 Å². The SMILES string of the molecule is CN1CCN(CCNCc2cn(C)nc2C(C)(C)C)CC1. The molecule has 0 aliphatic carbocycles. The van der Waals surface area contributed by atoms with Crippen molar-refractivity contribution in [1.29, 1.82) is 0 Å². The molecule has 1 saturated heterocycles. The molecule has 120 valence electrons. The summed E-state index contributed by atoms with van der Waals surface area (Å²) in [6.45, 7) is 14.5. The van der Waals surface area contributed by atoms with E-state index in [2.05, 4.69) is 54.2 Å². The topological polar surface area (TPSA) is 36.3 Å². The Hall–Kier alpha value is -0.910. The van der Waals surface area contributed by atoms with Crippen LogP contribution < -0.4 is 5.32 Å². The summed E-state index contributed by atoms with van der Waals surface area (Å²) >= 11 is 0. The molecule has 5 nitrogen and oxygen atoms in total. The van der Waals surface area contributed by atoms with Crippen LogP contribution in [0.1, 0.15) is 32.0 Å². The molecule has 0 spiro atoms. The summed E-state index contributed by atoms with van der Waals surface area (Å²) in [5.41, 5.74) is 2.64. The van der Waals surface area contributed by atoms with Crippen molar-refractivity contribution in [2.75, 3.05) is 46.3 Å². The van der Waals surface area contributed by atoms with Crippen molar-refractivity contribution < 1.29 is 0 Å². The van der Waals surface area contributed by atoms with E-state index in [4.69, 9.17) is 0 Å². The van der Waals surface area contributed by atoms with E-state index in [0.29, 0.717) is 0 Å². The molecular formula is C16H31N5. The van der Waals surface area contributed by atoms with Gasteiger partial charge in [0.2, 0.25) is 0 Å². The van der Waals surface area contributed by atoms with E-state index in [1.807, 2.05) is 11.7 Å².